The topological polar surface area (TPSA) is 109 Å². The quantitative estimate of drug-likeness (QED) is 0.645. The summed E-state index contributed by atoms with van der Waals surface area (Å²) in [5, 5.41) is 19.7. The maximum atomic E-state index is 12.7. The number of nitrogens with zero attached hydrogens (tertiary/aromatic N) is 5. The SMILES string of the molecule is C/C(Nc1cc(C)n([C@@H](C)C#N)n1)=C1/C(=O)Nc2cnc(-c3cnccc3C)cc21. The number of pyridine rings is 2. The van der Waals surface area contributed by atoms with Crippen LogP contribution in [0.15, 0.2) is 42.5 Å². The molecule has 0 fully saturated rings. The first-order chi connectivity index (χ1) is 14.4. The molecule has 0 aliphatic carbocycles. The molecule has 0 spiro atoms. The van der Waals surface area contributed by atoms with Crippen molar-refractivity contribution in [3.8, 4) is 17.3 Å². The van der Waals surface area contributed by atoms with E-state index in [0.717, 1.165) is 28.1 Å². The highest BCUT2D eigenvalue weighted by Gasteiger charge is 2.28. The van der Waals surface area contributed by atoms with Gasteiger partial charge in [-0.05, 0) is 45.4 Å². The number of carbonyl (C=O) groups excluding carboxylic acids is 1. The Labute approximate surface area is 174 Å². The molecule has 1 aliphatic rings. The van der Waals surface area contributed by atoms with Crippen molar-refractivity contribution in [1.82, 2.24) is 19.7 Å². The summed E-state index contributed by atoms with van der Waals surface area (Å²) in [6, 6.07) is 7.48. The fourth-order valence-electron chi connectivity index (χ4n) is 3.57. The third-order valence-electron chi connectivity index (χ3n) is 5.13. The number of hydrogen-bond donors (Lipinski definition) is 2. The van der Waals surface area contributed by atoms with Gasteiger partial charge in [-0.25, -0.2) is 0 Å². The van der Waals surface area contributed by atoms with Gasteiger partial charge in [0.25, 0.3) is 5.91 Å². The van der Waals surface area contributed by atoms with Gasteiger partial charge in [-0.1, -0.05) is 0 Å². The van der Waals surface area contributed by atoms with Crippen LogP contribution in [0.1, 0.15) is 36.7 Å². The van der Waals surface area contributed by atoms with Gasteiger partial charge in [0, 0.05) is 41.0 Å². The third-order valence-corrected chi connectivity index (χ3v) is 5.13. The molecule has 3 aromatic heterocycles. The molecule has 0 unspecified atom stereocenters. The summed E-state index contributed by atoms with van der Waals surface area (Å²) in [6.45, 7) is 7.51. The second-order valence-electron chi connectivity index (χ2n) is 7.31. The molecule has 0 radical (unpaired) electrons. The maximum Gasteiger partial charge on any atom is 0.258 e. The van der Waals surface area contributed by atoms with Gasteiger partial charge in [-0.15, -0.1) is 0 Å². The summed E-state index contributed by atoms with van der Waals surface area (Å²) in [6.07, 6.45) is 5.18. The Kier molecular flexibility index (Phi) is 4.80. The molecule has 0 aromatic carbocycles. The molecule has 8 heteroatoms. The number of anilines is 2. The summed E-state index contributed by atoms with van der Waals surface area (Å²) >= 11 is 0. The van der Waals surface area contributed by atoms with Crippen molar-refractivity contribution in [3.05, 3.63) is 59.3 Å². The number of nitriles is 1. The Morgan fingerprint density at radius 1 is 1.27 bits per heavy atom. The largest absolute Gasteiger partial charge is 0.342 e. The number of hydrogen-bond acceptors (Lipinski definition) is 6. The first-order valence-electron chi connectivity index (χ1n) is 9.55. The Morgan fingerprint density at radius 3 is 2.80 bits per heavy atom. The van der Waals surface area contributed by atoms with Crippen molar-refractivity contribution in [2.24, 2.45) is 0 Å². The Morgan fingerprint density at radius 2 is 2.07 bits per heavy atom. The van der Waals surface area contributed by atoms with Crippen molar-refractivity contribution in [1.29, 1.82) is 5.26 Å². The fraction of sp³-hybridized carbons (Fsp3) is 0.227. The minimum Gasteiger partial charge on any atom is -0.342 e. The van der Waals surface area contributed by atoms with Crippen LogP contribution in [0, 0.1) is 25.2 Å². The highest BCUT2D eigenvalue weighted by atomic mass is 16.2. The van der Waals surface area contributed by atoms with Crippen LogP contribution in [0.25, 0.3) is 16.8 Å². The van der Waals surface area contributed by atoms with Crippen molar-refractivity contribution >= 4 is 23.0 Å². The minimum atomic E-state index is -0.375. The molecule has 150 valence electrons. The predicted molar refractivity (Wildman–Crippen MR) is 114 cm³/mol. The summed E-state index contributed by atoms with van der Waals surface area (Å²) in [5.41, 5.74) is 6.24. The Balaban J connectivity index is 1.73. The molecule has 30 heavy (non-hydrogen) atoms. The molecule has 3 aromatic rings. The number of aryl methyl sites for hydroxylation is 2. The van der Waals surface area contributed by atoms with Crippen molar-refractivity contribution in [2.75, 3.05) is 10.6 Å². The maximum absolute atomic E-state index is 12.7. The van der Waals surface area contributed by atoms with Crippen LogP contribution < -0.4 is 10.6 Å². The first-order valence-corrected chi connectivity index (χ1v) is 9.55. The van der Waals surface area contributed by atoms with Crippen LogP contribution in [-0.4, -0.2) is 25.7 Å². The number of rotatable bonds is 4. The lowest BCUT2D eigenvalue weighted by Gasteiger charge is -2.09. The Bertz CT molecular complexity index is 1230. The standard InChI is InChI=1S/C22H21N7O/c1-12-5-6-24-10-17(12)18-8-16-19(11-25-18)27-22(30)21(16)15(4)26-20-7-13(2)29(28-20)14(3)9-23/h5-8,10-11,14H,1-4H3,(H,26,28)(H,27,30)/b21-15-/t14-/m0/s1. The third kappa shape index (κ3) is 3.31. The van der Waals surface area contributed by atoms with E-state index in [1.54, 1.807) is 30.2 Å². The van der Waals surface area contributed by atoms with E-state index in [-0.39, 0.29) is 11.9 Å². The molecule has 0 saturated carbocycles. The van der Waals surface area contributed by atoms with Crippen molar-refractivity contribution < 1.29 is 4.79 Å². The van der Waals surface area contributed by atoms with Crippen LogP contribution in [-0.2, 0) is 4.79 Å². The van der Waals surface area contributed by atoms with E-state index in [2.05, 4.69) is 31.8 Å². The van der Waals surface area contributed by atoms with Crippen LogP contribution in [0.3, 0.4) is 0 Å². The van der Waals surface area contributed by atoms with E-state index in [1.807, 2.05) is 39.0 Å². The van der Waals surface area contributed by atoms with Gasteiger partial charge in [-0.2, -0.15) is 10.4 Å². The lowest BCUT2D eigenvalue weighted by atomic mass is 10.0. The summed E-state index contributed by atoms with van der Waals surface area (Å²) in [4.78, 5) is 21.4. The number of amides is 1. The number of allylic oxidation sites excluding steroid dienone is 1. The molecule has 4 heterocycles. The molecule has 0 bridgehead atoms. The number of aromatic nitrogens is 4. The van der Waals surface area contributed by atoms with Gasteiger partial charge in [0.2, 0.25) is 0 Å². The smallest absolute Gasteiger partial charge is 0.258 e. The zero-order valence-electron chi connectivity index (χ0n) is 17.2. The van der Waals surface area contributed by atoms with Crippen LogP contribution in [0.4, 0.5) is 11.5 Å². The molecule has 4 rings (SSSR count). The van der Waals surface area contributed by atoms with E-state index in [1.165, 1.54) is 0 Å². The molecular weight excluding hydrogens is 378 g/mol. The average molecular weight is 399 g/mol. The van der Waals surface area contributed by atoms with Crippen LogP contribution in [0.5, 0.6) is 0 Å². The van der Waals surface area contributed by atoms with Gasteiger partial charge >= 0.3 is 0 Å². The van der Waals surface area contributed by atoms with Crippen molar-refractivity contribution in [3.63, 3.8) is 0 Å². The Hall–Kier alpha value is -3.99. The molecule has 1 aliphatic heterocycles. The number of fused-ring (bicyclic) bond motifs is 1. The molecule has 0 saturated heterocycles. The zero-order chi connectivity index (χ0) is 21.4. The molecular formula is C22H21N7O. The van der Waals surface area contributed by atoms with Gasteiger partial charge in [-0.3, -0.25) is 19.4 Å². The predicted octanol–water partition coefficient (Wildman–Crippen LogP) is 3.84. The average Bonchev–Trinajstić information content (AvgIpc) is 3.25. The lowest BCUT2D eigenvalue weighted by molar-refractivity contribution is -0.110. The highest BCUT2D eigenvalue weighted by Crippen LogP contribution is 2.36. The minimum absolute atomic E-state index is 0.196. The highest BCUT2D eigenvalue weighted by molar-refractivity contribution is 6.32. The number of nitrogens with one attached hydrogen (secondary N) is 2. The van der Waals surface area contributed by atoms with E-state index >= 15 is 0 Å². The van der Waals surface area contributed by atoms with Gasteiger partial charge < -0.3 is 10.6 Å². The second kappa shape index (κ2) is 7.44. The van der Waals surface area contributed by atoms with Gasteiger partial charge in [0.15, 0.2) is 5.82 Å². The molecule has 8 nitrogen and oxygen atoms in total. The van der Waals surface area contributed by atoms with Crippen molar-refractivity contribution in [2.45, 2.75) is 33.7 Å². The van der Waals surface area contributed by atoms with Gasteiger partial charge in [0.05, 0.1) is 29.2 Å². The van der Waals surface area contributed by atoms with E-state index in [9.17, 15) is 4.79 Å². The lowest BCUT2D eigenvalue weighted by Crippen LogP contribution is -2.10. The summed E-state index contributed by atoms with van der Waals surface area (Å²) < 4.78 is 1.65. The number of carbonyl (C=O) groups is 1. The van der Waals surface area contributed by atoms with E-state index in [0.29, 0.717) is 22.8 Å². The fourth-order valence-corrected chi connectivity index (χ4v) is 3.57. The van der Waals surface area contributed by atoms with E-state index in [4.69, 9.17) is 5.26 Å². The summed E-state index contributed by atoms with van der Waals surface area (Å²) in [5.74, 6) is 0.386. The normalized spacial score (nSPS) is 15.2. The first kappa shape index (κ1) is 19.3. The van der Waals surface area contributed by atoms with Crippen LogP contribution >= 0.6 is 0 Å². The monoisotopic (exact) mass is 399 g/mol. The molecule has 1 amide bonds. The summed E-state index contributed by atoms with van der Waals surface area (Å²) in [7, 11) is 0. The van der Waals surface area contributed by atoms with Crippen LogP contribution in [0.2, 0.25) is 0 Å². The second-order valence-corrected chi connectivity index (χ2v) is 7.31. The van der Waals surface area contributed by atoms with E-state index < -0.39 is 0 Å². The molecule has 2 N–H and O–H groups in total. The zero-order valence-corrected chi connectivity index (χ0v) is 17.2. The molecule has 1 atom stereocenters. The van der Waals surface area contributed by atoms with Gasteiger partial charge in [0.1, 0.15) is 6.04 Å².